The van der Waals surface area contributed by atoms with Crippen molar-refractivity contribution in [1.29, 1.82) is 0 Å². The Balaban J connectivity index is 1.72. The molecule has 0 N–H and O–H groups in total. The van der Waals surface area contributed by atoms with E-state index >= 15 is 0 Å². The molecule has 0 unspecified atom stereocenters. The van der Waals surface area contributed by atoms with Crippen molar-refractivity contribution in [2.24, 2.45) is 0 Å². The van der Waals surface area contributed by atoms with Gasteiger partial charge in [0.2, 0.25) is 0 Å². The van der Waals surface area contributed by atoms with Crippen LogP contribution >= 0.6 is 0 Å². The van der Waals surface area contributed by atoms with Gasteiger partial charge in [-0.25, -0.2) is 4.90 Å². The lowest BCUT2D eigenvalue weighted by atomic mass is 9.98. The van der Waals surface area contributed by atoms with Gasteiger partial charge in [-0.2, -0.15) is 0 Å². The van der Waals surface area contributed by atoms with Gasteiger partial charge in [0.25, 0.3) is 11.8 Å². The molecule has 5 nitrogen and oxygen atoms in total. The number of hydrogen-bond donors (Lipinski definition) is 0. The van der Waals surface area contributed by atoms with Gasteiger partial charge in [0.05, 0.1) is 18.4 Å². The Morgan fingerprint density at radius 1 is 0.818 bits per heavy atom. The van der Waals surface area contributed by atoms with E-state index in [0.29, 0.717) is 29.3 Å². The Bertz CT molecular complexity index is 1290. The van der Waals surface area contributed by atoms with Gasteiger partial charge in [0.15, 0.2) is 0 Å². The summed E-state index contributed by atoms with van der Waals surface area (Å²) >= 11 is 0. The molecule has 0 bridgehead atoms. The summed E-state index contributed by atoms with van der Waals surface area (Å²) in [4.78, 5) is 31.2. The highest BCUT2D eigenvalue weighted by atomic mass is 16.5. The molecule has 5 heteroatoms. The van der Waals surface area contributed by atoms with Crippen LogP contribution in [-0.4, -0.2) is 25.5 Å². The average molecular weight is 439 g/mol. The Kier molecular flexibility index (Phi) is 5.25. The van der Waals surface area contributed by atoms with Crippen molar-refractivity contribution in [2.45, 2.75) is 26.7 Å². The number of carbonyl (C=O) groups excluding carboxylic acids is 2. The van der Waals surface area contributed by atoms with Crippen LogP contribution in [0.1, 0.15) is 28.7 Å². The maximum atomic E-state index is 14.0. The Morgan fingerprint density at radius 2 is 1.55 bits per heavy atom. The first-order valence-corrected chi connectivity index (χ1v) is 11.2. The second kappa shape index (κ2) is 8.24. The second-order valence-electron chi connectivity index (χ2n) is 8.59. The van der Waals surface area contributed by atoms with Crippen molar-refractivity contribution in [3.8, 4) is 5.75 Å². The van der Waals surface area contributed by atoms with Crippen molar-refractivity contribution >= 4 is 28.8 Å². The van der Waals surface area contributed by atoms with Crippen molar-refractivity contribution in [1.82, 2.24) is 0 Å². The molecule has 3 aromatic rings. The first kappa shape index (κ1) is 21.0. The molecule has 2 heterocycles. The fourth-order valence-corrected chi connectivity index (χ4v) is 4.71. The topological polar surface area (TPSA) is 49.9 Å². The van der Waals surface area contributed by atoms with Crippen LogP contribution in [0.5, 0.6) is 5.75 Å². The molecule has 5 rings (SSSR count). The highest BCUT2D eigenvalue weighted by Crippen LogP contribution is 2.42. The number of benzene rings is 3. The van der Waals surface area contributed by atoms with Crippen molar-refractivity contribution < 1.29 is 14.3 Å². The number of nitrogens with zero attached hydrogens (tertiary/aromatic N) is 2. The number of imide groups is 1. The fraction of sp³-hybridized carbons (Fsp3) is 0.214. The Labute approximate surface area is 193 Å². The minimum absolute atomic E-state index is 0.323. The number of hydrogen-bond acceptors (Lipinski definition) is 4. The Morgan fingerprint density at radius 3 is 2.30 bits per heavy atom. The predicted molar refractivity (Wildman–Crippen MR) is 130 cm³/mol. The van der Waals surface area contributed by atoms with Crippen LogP contribution in [0.2, 0.25) is 0 Å². The highest BCUT2D eigenvalue weighted by molar-refractivity contribution is 6.46. The highest BCUT2D eigenvalue weighted by Gasteiger charge is 2.44. The molecule has 0 saturated heterocycles. The maximum absolute atomic E-state index is 14.0. The molecule has 0 atom stereocenters. The zero-order valence-corrected chi connectivity index (χ0v) is 19.1. The number of amides is 2. The molecule has 0 aromatic heterocycles. The number of para-hydroxylation sites is 1. The SMILES string of the molecule is COc1ccc(C)cc1N1C(=O)C(c2ccc(C)cc2)=C(N2CCCc3ccccc32)C1=O. The van der Waals surface area contributed by atoms with Gasteiger partial charge in [-0.1, -0.05) is 54.1 Å². The van der Waals surface area contributed by atoms with Gasteiger partial charge in [0.1, 0.15) is 11.4 Å². The molecule has 33 heavy (non-hydrogen) atoms. The number of fused-ring (bicyclic) bond motifs is 1. The molecule has 0 fully saturated rings. The van der Waals surface area contributed by atoms with Crippen LogP contribution in [0.15, 0.2) is 72.4 Å². The van der Waals surface area contributed by atoms with E-state index in [1.165, 1.54) is 10.5 Å². The third-order valence-corrected chi connectivity index (χ3v) is 6.36. The predicted octanol–water partition coefficient (Wildman–Crippen LogP) is 5.05. The largest absolute Gasteiger partial charge is 0.495 e. The molecule has 2 aliphatic rings. The second-order valence-corrected chi connectivity index (χ2v) is 8.59. The summed E-state index contributed by atoms with van der Waals surface area (Å²) in [6.07, 6.45) is 1.87. The first-order valence-electron chi connectivity index (χ1n) is 11.2. The van der Waals surface area contributed by atoms with Gasteiger partial charge < -0.3 is 9.64 Å². The van der Waals surface area contributed by atoms with Crippen molar-refractivity contribution in [3.63, 3.8) is 0 Å². The normalized spacial score (nSPS) is 15.8. The lowest BCUT2D eigenvalue weighted by Gasteiger charge is -2.32. The molecule has 0 radical (unpaired) electrons. The number of anilines is 2. The van der Waals surface area contributed by atoms with Crippen LogP contribution in [0, 0.1) is 13.8 Å². The molecular weight excluding hydrogens is 412 g/mol. The number of ether oxygens (including phenoxy) is 1. The maximum Gasteiger partial charge on any atom is 0.282 e. The summed E-state index contributed by atoms with van der Waals surface area (Å²) in [7, 11) is 1.55. The molecule has 2 aliphatic heterocycles. The van der Waals surface area contributed by atoms with E-state index in [1.807, 2.05) is 73.3 Å². The average Bonchev–Trinajstić information content (AvgIpc) is 3.08. The monoisotopic (exact) mass is 438 g/mol. The Hall–Kier alpha value is -3.86. The van der Waals surface area contributed by atoms with Crippen LogP contribution in [-0.2, 0) is 16.0 Å². The van der Waals surface area contributed by atoms with Crippen LogP contribution in [0.4, 0.5) is 11.4 Å². The lowest BCUT2D eigenvalue weighted by Crippen LogP contribution is -2.37. The van der Waals surface area contributed by atoms with Gasteiger partial charge in [-0.3, -0.25) is 9.59 Å². The zero-order chi connectivity index (χ0) is 23.1. The van der Waals surface area contributed by atoms with E-state index in [1.54, 1.807) is 13.2 Å². The summed E-state index contributed by atoms with van der Waals surface area (Å²) < 4.78 is 5.52. The summed E-state index contributed by atoms with van der Waals surface area (Å²) in [6, 6.07) is 21.4. The molecule has 166 valence electrons. The van der Waals surface area contributed by atoms with E-state index in [2.05, 4.69) is 6.07 Å². The van der Waals surface area contributed by atoms with E-state index in [0.717, 1.165) is 35.2 Å². The minimum Gasteiger partial charge on any atom is -0.495 e. The quantitative estimate of drug-likeness (QED) is 0.535. The van der Waals surface area contributed by atoms with Gasteiger partial charge in [0, 0.05) is 12.2 Å². The number of carbonyl (C=O) groups is 2. The van der Waals surface area contributed by atoms with E-state index < -0.39 is 0 Å². The van der Waals surface area contributed by atoms with E-state index in [4.69, 9.17) is 4.74 Å². The standard InChI is InChI=1S/C28H26N2O3/c1-18-10-13-21(14-11-18)25-26(29-16-6-8-20-7-4-5-9-22(20)29)28(32)30(27(25)31)23-17-19(2)12-15-24(23)33-3/h4-5,7,9-15,17H,6,8,16H2,1-3H3. The molecular formula is C28H26N2O3. The molecule has 0 spiro atoms. The van der Waals surface area contributed by atoms with E-state index in [-0.39, 0.29) is 11.8 Å². The third-order valence-electron chi connectivity index (χ3n) is 6.36. The summed E-state index contributed by atoms with van der Waals surface area (Å²) in [5.74, 6) is -0.159. The fourth-order valence-electron chi connectivity index (χ4n) is 4.71. The smallest absolute Gasteiger partial charge is 0.282 e. The minimum atomic E-state index is -0.328. The van der Waals surface area contributed by atoms with E-state index in [9.17, 15) is 9.59 Å². The van der Waals surface area contributed by atoms with Crippen molar-refractivity contribution in [3.05, 3.63) is 94.7 Å². The van der Waals surface area contributed by atoms with Gasteiger partial charge in [-0.05, 0) is 61.6 Å². The summed E-state index contributed by atoms with van der Waals surface area (Å²) in [6.45, 7) is 4.62. The third kappa shape index (κ3) is 3.50. The van der Waals surface area contributed by atoms with Crippen LogP contribution < -0.4 is 14.5 Å². The number of rotatable bonds is 4. The number of methoxy groups -OCH3 is 1. The summed E-state index contributed by atoms with van der Waals surface area (Å²) in [5.41, 5.74) is 6.29. The first-order chi connectivity index (χ1) is 16.0. The molecule has 2 amide bonds. The molecule has 0 saturated carbocycles. The zero-order valence-electron chi connectivity index (χ0n) is 19.1. The van der Waals surface area contributed by atoms with Crippen LogP contribution in [0.3, 0.4) is 0 Å². The lowest BCUT2D eigenvalue weighted by molar-refractivity contribution is -0.120. The van der Waals surface area contributed by atoms with Gasteiger partial charge >= 0.3 is 0 Å². The van der Waals surface area contributed by atoms with Crippen molar-refractivity contribution in [2.75, 3.05) is 23.5 Å². The van der Waals surface area contributed by atoms with Crippen LogP contribution in [0.25, 0.3) is 5.57 Å². The molecule has 0 aliphatic carbocycles. The van der Waals surface area contributed by atoms with Gasteiger partial charge in [-0.15, -0.1) is 0 Å². The number of aryl methyl sites for hydroxylation is 3. The molecule has 3 aromatic carbocycles. The summed E-state index contributed by atoms with van der Waals surface area (Å²) in [5, 5.41) is 0.